The molecule has 172 valence electrons. The minimum atomic E-state index is -4.44. The monoisotopic (exact) mass is 454 g/mol. The van der Waals surface area contributed by atoms with E-state index in [0.717, 1.165) is 31.4 Å². The van der Waals surface area contributed by atoms with Gasteiger partial charge in [-0.25, -0.2) is 4.68 Å². The van der Waals surface area contributed by atoms with E-state index in [2.05, 4.69) is 16.5 Å². The molecule has 1 aromatic heterocycles. The summed E-state index contributed by atoms with van der Waals surface area (Å²) in [5.41, 5.74) is 8.49. The number of nitrogen functional groups attached to an aromatic ring is 1. The third-order valence-electron chi connectivity index (χ3n) is 5.71. The Morgan fingerprint density at radius 3 is 2.58 bits per heavy atom. The Bertz CT molecular complexity index is 1160. The average molecular weight is 454 g/mol. The largest absolute Gasteiger partial charge is 0.416 e. The Kier molecular flexibility index (Phi) is 6.53. The van der Waals surface area contributed by atoms with Gasteiger partial charge in [0.15, 0.2) is 0 Å². The van der Waals surface area contributed by atoms with Crippen LogP contribution in [0.1, 0.15) is 48.0 Å². The predicted molar refractivity (Wildman–Crippen MR) is 122 cm³/mol. The van der Waals surface area contributed by atoms with Gasteiger partial charge in [-0.15, -0.1) is 0 Å². The molecule has 1 heterocycles. The molecule has 1 aliphatic carbocycles. The maximum absolute atomic E-state index is 13.0. The molecule has 2 aromatic carbocycles. The number of anilines is 1. The number of carbonyl (C=O) groups excluding carboxylic acids is 1. The van der Waals surface area contributed by atoms with Gasteiger partial charge in [-0.2, -0.15) is 18.3 Å². The smallest absolute Gasteiger partial charge is 0.384 e. The SMILES string of the molecule is Nc1cc(-c2cccc(C(F)(F)F)c2)nn1-c1ccc(C(=O)NCCC2=CCCCC2)cc1. The molecule has 0 bridgehead atoms. The zero-order valence-corrected chi connectivity index (χ0v) is 18.0. The highest BCUT2D eigenvalue weighted by atomic mass is 19.4. The van der Waals surface area contributed by atoms with E-state index in [1.165, 1.54) is 35.2 Å². The molecule has 0 radical (unpaired) electrons. The molecule has 0 saturated carbocycles. The number of allylic oxidation sites excluding steroid dienone is 1. The van der Waals surface area contributed by atoms with Crippen molar-refractivity contribution < 1.29 is 18.0 Å². The van der Waals surface area contributed by atoms with E-state index < -0.39 is 11.7 Å². The highest BCUT2D eigenvalue weighted by molar-refractivity contribution is 5.94. The van der Waals surface area contributed by atoms with E-state index in [4.69, 9.17) is 5.73 Å². The molecule has 4 rings (SSSR count). The molecule has 0 aliphatic heterocycles. The highest BCUT2D eigenvalue weighted by Crippen LogP contribution is 2.32. The Balaban J connectivity index is 1.44. The van der Waals surface area contributed by atoms with E-state index >= 15 is 0 Å². The fourth-order valence-electron chi connectivity index (χ4n) is 3.92. The number of hydrogen-bond acceptors (Lipinski definition) is 3. The number of nitrogens with two attached hydrogens (primary N) is 1. The first-order valence-corrected chi connectivity index (χ1v) is 10.9. The zero-order valence-electron chi connectivity index (χ0n) is 18.0. The van der Waals surface area contributed by atoms with Gasteiger partial charge in [0.05, 0.1) is 16.9 Å². The summed E-state index contributed by atoms with van der Waals surface area (Å²) in [4.78, 5) is 12.4. The summed E-state index contributed by atoms with van der Waals surface area (Å²) in [6, 6.07) is 13.2. The number of nitrogens with one attached hydrogen (secondary N) is 1. The number of hydrogen-bond donors (Lipinski definition) is 2. The van der Waals surface area contributed by atoms with Crippen LogP contribution in [0.3, 0.4) is 0 Å². The molecule has 0 unspecified atom stereocenters. The van der Waals surface area contributed by atoms with Crippen LogP contribution in [-0.4, -0.2) is 22.2 Å². The van der Waals surface area contributed by atoms with Crippen LogP contribution in [0.25, 0.3) is 16.9 Å². The Morgan fingerprint density at radius 2 is 1.88 bits per heavy atom. The fraction of sp³-hybridized carbons (Fsp3) is 0.280. The van der Waals surface area contributed by atoms with Crippen LogP contribution in [0, 0.1) is 0 Å². The fourth-order valence-corrected chi connectivity index (χ4v) is 3.92. The predicted octanol–water partition coefficient (Wildman–Crippen LogP) is 5.76. The molecule has 5 nitrogen and oxygen atoms in total. The number of benzene rings is 2. The molecule has 1 aliphatic rings. The first kappa shape index (κ1) is 22.6. The van der Waals surface area contributed by atoms with E-state index in [-0.39, 0.29) is 11.7 Å². The molecule has 0 spiro atoms. The Hall–Kier alpha value is -3.55. The van der Waals surface area contributed by atoms with Crippen LogP contribution >= 0.6 is 0 Å². The molecule has 8 heteroatoms. The van der Waals surface area contributed by atoms with Crippen molar-refractivity contribution in [2.45, 2.75) is 38.3 Å². The van der Waals surface area contributed by atoms with Gasteiger partial charge in [-0.3, -0.25) is 4.79 Å². The van der Waals surface area contributed by atoms with Crippen molar-refractivity contribution >= 4 is 11.7 Å². The van der Waals surface area contributed by atoms with E-state index in [1.54, 1.807) is 30.3 Å². The maximum Gasteiger partial charge on any atom is 0.416 e. The second-order valence-corrected chi connectivity index (χ2v) is 8.11. The molecular formula is C25H25F3N4O. The summed E-state index contributed by atoms with van der Waals surface area (Å²) in [6.45, 7) is 0.596. The Morgan fingerprint density at radius 1 is 1.09 bits per heavy atom. The van der Waals surface area contributed by atoms with Crippen molar-refractivity contribution in [3.05, 3.63) is 77.4 Å². The number of rotatable bonds is 6. The number of halogens is 3. The van der Waals surface area contributed by atoms with Crippen LogP contribution in [0.4, 0.5) is 19.0 Å². The first-order chi connectivity index (χ1) is 15.8. The lowest BCUT2D eigenvalue weighted by molar-refractivity contribution is -0.137. The van der Waals surface area contributed by atoms with E-state index in [0.29, 0.717) is 29.1 Å². The van der Waals surface area contributed by atoms with Crippen LogP contribution in [0.15, 0.2) is 66.2 Å². The average Bonchev–Trinajstić information content (AvgIpc) is 3.21. The number of nitrogens with zero attached hydrogens (tertiary/aromatic N) is 2. The summed E-state index contributed by atoms with van der Waals surface area (Å²) < 4.78 is 40.5. The van der Waals surface area contributed by atoms with Gasteiger partial charge in [-0.1, -0.05) is 23.8 Å². The van der Waals surface area contributed by atoms with Crippen LogP contribution in [-0.2, 0) is 6.18 Å². The van der Waals surface area contributed by atoms with Crippen molar-refractivity contribution in [2.75, 3.05) is 12.3 Å². The minimum absolute atomic E-state index is 0.156. The lowest BCUT2D eigenvalue weighted by Crippen LogP contribution is -2.24. The van der Waals surface area contributed by atoms with Crippen molar-refractivity contribution in [3.8, 4) is 16.9 Å². The van der Waals surface area contributed by atoms with Crippen LogP contribution < -0.4 is 11.1 Å². The quantitative estimate of drug-likeness (QED) is 0.465. The number of amides is 1. The van der Waals surface area contributed by atoms with Crippen LogP contribution in [0.2, 0.25) is 0 Å². The van der Waals surface area contributed by atoms with Gasteiger partial charge in [0.25, 0.3) is 5.91 Å². The van der Waals surface area contributed by atoms with Gasteiger partial charge < -0.3 is 11.1 Å². The second-order valence-electron chi connectivity index (χ2n) is 8.11. The van der Waals surface area contributed by atoms with Gasteiger partial charge in [-0.05, 0) is 68.5 Å². The normalized spacial score (nSPS) is 14.1. The number of aromatic nitrogens is 2. The third kappa shape index (κ3) is 5.45. The highest BCUT2D eigenvalue weighted by Gasteiger charge is 2.30. The summed E-state index contributed by atoms with van der Waals surface area (Å²) in [6.07, 6.45) is 3.39. The molecular weight excluding hydrogens is 429 g/mol. The summed E-state index contributed by atoms with van der Waals surface area (Å²) in [5.74, 6) is 0.122. The van der Waals surface area contributed by atoms with E-state index in [1.807, 2.05) is 0 Å². The van der Waals surface area contributed by atoms with Crippen LogP contribution in [0.5, 0.6) is 0 Å². The first-order valence-electron chi connectivity index (χ1n) is 10.9. The lowest BCUT2D eigenvalue weighted by atomic mass is 9.97. The molecule has 3 aromatic rings. The summed E-state index contributed by atoms with van der Waals surface area (Å²) >= 11 is 0. The van der Waals surface area contributed by atoms with Gasteiger partial charge in [0.1, 0.15) is 5.82 Å². The lowest BCUT2D eigenvalue weighted by Gasteiger charge is -2.13. The third-order valence-corrected chi connectivity index (χ3v) is 5.71. The van der Waals surface area contributed by atoms with Crippen molar-refractivity contribution in [1.29, 1.82) is 0 Å². The van der Waals surface area contributed by atoms with Gasteiger partial charge >= 0.3 is 6.18 Å². The second kappa shape index (κ2) is 9.52. The molecule has 0 fully saturated rings. The zero-order chi connectivity index (χ0) is 23.4. The molecule has 3 N–H and O–H groups in total. The number of alkyl halides is 3. The summed E-state index contributed by atoms with van der Waals surface area (Å²) in [7, 11) is 0. The molecule has 33 heavy (non-hydrogen) atoms. The molecule has 0 atom stereocenters. The standard InChI is InChI=1S/C25H25F3N4O/c26-25(27,28)20-8-4-7-19(15-20)22-16-23(29)32(31-22)21-11-9-18(10-12-21)24(33)30-14-13-17-5-2-1-3-6-17/h4-5,7-12,15-16H,1-3,6,13-14,29H2,(H,30,33). The Labute approximate surface area is 190 Å². The maximum atomic E-state index is 13.0. The molecule has 0 saturated heterocycles. The van der Waals surface area contributed by atoms with E-state index in [9.17, 15) is 18.0 Å². The van der Waals surface area contributed by atoms with Crippen molar-refractivity contribution in [1.82, 2.24) is 15.1 Å². The number of carbonyl (C=O) groups is 1. The minimum Gasteiger partial charge on any atom is -0.384 e. The van der Waals surface area contributed by atoms with Crippen molar-refractivity contribution in [2.24, 2.45) is 0 Å². The van der Waals surface area contributed by atoms with Crippen molar-refractivity contribution in [3.63, 3.8) is 0 Å². The molecule has 1 amide bonds. The summed E-state index contributed by atoms with van der Waals surface area (Å²) in [5, 5.41) is 7.31. The van der Waals surface area contributed by atoms with Gasteiger partial charge in [0, 0.05) is 23.7 Å². The topological polar surface area (TPSA) is 72.9 Å². The van der Waals surface area contributed by atoms with Gasteiger partial charge in [0.2, 0.25) is 0 Å².